The molecule has 0 spiro atoms. The van der Waals surface area contributed by atoms with E-state index in [1.807, 2.05) is 13.8 Å². The number of esters is 1. The van der Waals surface area contributed by atoms with Gasteiger partial charge in [-0.15, -0.1) is 0 Å². The second kappa shape index (κ2) is 5.71. The first-order valence-electron chi connectivity index (χ1n) is 6.86. The lowest BCUT2D eigenvalue weighted by atomic mass is 9.83. The fourth-order valence-electron chi connectivity index (χ4n) is 2.58. The van der Waals surface area contributed by atoms with Crippen molar-refractivity contribution >= 4 is 5.97 Å². The Hall–Kier alpha value is -1.75. The Morgan fingerprint density at radius 1 is 1.30 bits per heavy atom. The van der Waals surface area contributed by atoms with Crippen molar-refractivity contribution in [3.8, 4) is 11.5 Å². The lowest BCUT2D eigenvalue weighted by Gasteiger charge is -2.36. The second-order valence-corrected chi connectivity index (χ2v) is 5.72. The Labute approximate surface area is 118 Å². The Balaban J connectivity index is 2.11. The van der Waals surface area contributed by atoms with Crippen LogP contribution in [0.2, 0.25) is 0 Å². The van der Waals surface area contributed by atoms with E-state index in [0.717, 1.165) is 25.9 Å². The van der Waals surface area contributed by atoms with Gasteiger partial charge in [-0.1, -0.05) is 0 Å². The number of phenols is 2. The number of ether oxygens (including phenoxy) is 1. The maximum absolute atomic E-state index is 12.2. The monoisotopic (exact) mass is 279 g/mol. The topological polar surface area (TPSA) is 78.8 Å². The molecule has 1 aromatic rings. The molecule has 0 saturated carbocycles. The summed E-state index contributed by atoms with van der Waals surface area (Å²) >= 11 is 0. The molecule has 0 aromatic heterocycles. The number of piperidine rings is 1. The van der Waals surface area contributed by atoms with E-state index in [4.69, 9.17) is 4.74 Å². The van der Waals surface area contributed by atoms with Gasteiger partial charge < -0.3 is 20.3 Å². The molecule has 1 aromatic carbocycles. The minimum Gasteiger partial charge on any atom is -0.508 e. The number of phenolic OH excluding ortho intramolecular Hbond substituents is 2. The summed E-state index contributed by atoms with van der Waals surface area (Å²) in [6, 6.07) is 3.82. The Kier molecular flexibility index (Phi) is 4.18. The van der Waals surface area contributed by atoms with Crippen LogP contribution in [0.15, 0.2) is 18.2 Å². The zero-order valence-electron chi connectivity index (χ0n) is 11.8. The molecule has 0 bridgehead atoms. The summed E-state index contributed by atoms with van der Waals surface area (Å²) in [5.74, 6) is -0.586. The molecule has 3 N–H and O–H groups in total. The number of rotatable bonds is 3. The summed E-state index contributed by atoms with van der Waals surface area (Å²) in [5, 5.41) is 22.4. The first-order valence-corrected chi connectivity index (χ1v) is 6.86. The number of hydrogen-bond donors (Lipinski definition) is 3. The number of hydrogen-bond acceptors (Lipinski definition) is 5. The van der Waals surface area contributed by atoms with Crippen molar-refractivity contribution in [2.24, 2.45) is 5.92 Å². The zero-order chi connectivity index (χ0) is 14.8. The number of carbonyl (C=O) groups excluding carboxylic acids is 1. The molecule has 5 nitrogen and oxygen atoms in total. The van der Waals surface area contributed by atoms with Crippen molar-refractivity contribution in [1.82, 2.24) is 5.32 Å². The van der Waals surface area contributed by atoms with Gasteiger partial charge in [0.25, 0.3) is 0 Å². The molecule has 0 radical (unpaired) electrons. The third kappa shape index (κ3) is 3.22. The first-order chi connectivity index (χ1) is 9.40. The SMILES string of the molecule is CC(C)(OC(=O)c1cc(O)ccc1O)C1CCNCC1. The molecule has 2 rings (SSSR count). The highest BCUT2D eigenvalue weighted by atomic mass is 16.6. The average Bonchev–Trinajstić information content (AvgIpc) is 2.42. The van der Waals surface area contributed by atoms with Gasteiger partial charge in [0.2, 0.25) is 0 Å². The molecule has 110 valence electrons. The summed E-state index contributed by atoms with van der Waals surface area (Å²) < 4.78 is 5.56. The Morgan fingerprint density at radius 2 is 1.95 bits per heavy atom. The highest BCUT2D eigenvalue weighted by Crippen LogP contribution is 2.31. The predicted molar refractivity (Wildman–Crippen MR) is 74.9 cm³/mol. The van der Waals surface area contributed by atoms with Gasteiger partial charge in [-0.25, -0.2) is 4.79 Å². The third-order valence-electron chi connectivity index (χ3n) is 3.88. The minimum atomic E-state index is -0.609. The van der Waals surface area contributed by atoms with Crippen molar-refractivity contribution in [1.29, 1.82) is 0 Å². The van der Waals surface area contributed by atoms with E-state index in [1.165, 1.54) is 18.2 Å². The van der Waals surface area contributed by atoms with Crippen LogP contribution in [-0.2, 0) is 4.74 Å². The van der Waals surface area contributed by atoms with Crippen LogP contribution < -0.4 is 5.32 Å². The summed E-state index contributed by atoms with van der Waals surface area (Å²) in [4.78, 5) is 12.2. The van der Waals surface area contributed by atoms with Gasteiger partial charge in [-0.2, -0.15) is 0 Å². The van der Waals surface area contributed by atoms with Gasteiger partial charge in [0.05, 0.1) is 0 Å². The molecule has 1 aliphatic rings. The van der Waals surface area contributed by atoms with Crippen LogP contribution in [0.3, 0.4) is 0 Å². The molecule has 20 heavy (non-hydrogen) atoms. The van der Waals surface area contributed by atoms with E-state index in [2.05, 4.69) is 5.32 Å². The van der Waals surface area contributed by atoms with Crippen LogP contribution in [-0.4, -0.2) is 34.9 Å². The van der Waals surface area contributed by atoms with Gasteiger partial charge in [0.1, 0.15) is 22.7 Å². The summed E-state index contributed by atoms with van der Waals surface area (Å²) in [7, 11) is 0. The standard InChI is InChI=1S/C15H21NO4/c1-15(2,10-5-7-16-8-6-10)20-14(19)12-9-11(17)3-4-13(12)18/h3-4,9-10,16-18H,5-8H2,1-2H3. The first kappa shape index (κ1) is 14.7. The average molecular weight is 279 g/mol. The van der Waals surface area contributed by atoms with Crippen molar-refractivity contribution in [2.75, 3.05) is 13.1 Å². The second-order valence-electron chi connectivity index (χ2n) is 5.72. The van der Waals surface area contributed by atoms with Crippen LogP contribution in [0.1, 0.15) is 37.0 Å². The van der Waals surface area contributed by atoms with E-state index in [9.17, 15) is 15.0 Å². The molecule has 1 saturated heterocycles. The molecular formula is C15H21NO4. The highest BCUT2D eigenvalue weighted by molar-refractivity contribution is 5.93. The van der Waals surface area contributed by atoms with Gasteiger partial charge in [0, 0.05) is 5.92 Å². The molecule has 0 unspecified atom stereocenters. The van der Waals surface area contributed by atoms with Crippen LogP contribution >= 0.6 is 0 Å². The summed E-state index contributed by atoms with van der Waals surface area (Å²) in [5.41, 5.74) is -0.608. The number of nitrogens with one attached hydrogen (secondary N) is 1. The van der Waals surface area contributed by atoms with Crippen LogP contribution in [0.25, 0.3) is 0 Å². The molecule has 5 heteroatoms. The van der Waals surface area contributed by atoms with E-state index in [1.54, 1.807) is 0 Å². The maximum atomic E-state index is 12.2. The highest BCUT2D eigenvalue weighted by Gasteiger charge is 2.34. The quantitative estimate of drug-likeness (QED) is 0.583. The third-order valence-corrected chi connectivity index (χ3v) is 3.88. The van der Waals surface area contributed by atoms with Gasteiger partial charge >= 0.3 is 5.97 Å². The molecule has 1 fully saturated rings. The Morgan fingerprint density at radius 3 is 2.60 bits per heavy atom. The van der Waals surface area contributed by atoms with Gasteiger partial charge in [-0.05, 0) is 58.0 Å². The van der Waals surface area contributed by atoms with Gasteiger partial charge in [-0.3, -0.25) is 0 Å². The van der Waals surface area contributed by atoms with E-state index in [-0.39, 0.29) is 23.0 Å². The van der Waals surface area contributed by atoms with E-state index in [0.29, 0.717) is 0 Å². The van der Waals surface area contributed by atoms with Crippen molar-refractivity contribution < 1.29 is 19.7 Å². The Bertz CT molecular complexity index is 493. The summed E-state index contributed by atoms with van der Waals surface area (Å²) in [6.45, 7) is 5.62. The lowest BCUT2D eigenvalue weighted by Crippen LogP contribution is -2.42. The number of aromatic hydroxyl groups is 2. The normalized spacial score (nSPS) is 16.9. The lowest BCUT2D eigenvalue weighted by molar-refractivity contribution is -0.0370. The van der Waals surface area contributed by atoms with Crippen LogP contribution in [0, 0.1) is 5.92 Å². The van der Waals surface area contributed by atoms with Crippen LogP contribution in [0.5, 0.6) is 11.5 Å². The molecule has 1 heterocycles. The van der Waals surface area contributed by atoms with Crippen LogP contribution in [0.4, 0.5) is 0 Å². The molecular weight excluding hydrogens is 258 g/mol. The smallest absolute Gasteiger partial charge is 0.342 e. The number of carbonyl (C=O) groups is 1. The number of benzene rings is 1. The molecule has 0 amide bonds. The van der Waals surface area contributed by atoms with Crippen molar-refractivity contribution in [3.63, 3.8) is 0 Å². The largest absolute Gasteiger partial charge is 0.508 e. The van der Waals surface area contributed by atoms with E-state index < -0.39 is 11.6 Å². The maximum Gasteiger partial charge on any atom is 0.342 e. The summed E-state index contributed by atoms with van der Waals surface area (Å²) in [6.07, 6.45) is 1.90. The fraction of sp³-hybridized carbons (Fsp3) is 0.533. The predicted octanol–water partition coefficient (Wildman–Crippen LogP) is 2.03. The van der Waals surface area contributed by atoms with Crippen molar-refractivity contribution in [3.05, 3.63) is 23.8 Å². The van der Waals surface area contributed by atoms with Gasteiger partial charge in [0.15, 0.2) is 0 Å². The minimum absolute atomic E-state index is 0.00740. The molecule has 0 aliphatic carbocycles. The molecule has 1 aliphatic heterocycles. The van der Waals surface area contributed by atoms with E-state index >= 15 is 0 Å². The van der Waals surface area contributed by atoms with Crippen molar-refractivity contribution in [2.45, 2.75) is 32.3 Å². The fourth-order valence-corrected chi connectivity index (χ4v) is 2.58. The molecule has 0 atom stereocenters. The zero-order valence-corrected chi connectivity index (χ0v) is 11.8.